The zero-order valence-corrected chi connectivity index (χ0v) is 32.1. The molecule has 1 saturated heterocycles. The molecule has 0 bridgehead atoms. The average molecular weight is 729 g/mol. The Morgan fingerprint density at radius 3 is 2.42 bits per heavy atom. The second kappa shape index (κ2) is 14.8. The maximum absolute atomic E-state index is 14.7. The van der Waals surface area contributed by atoms with Gasteiger partial charge in [-0.05, 0) is 68.5 Å². The van der Waals surface area contributed by atoms with Crippen molar-refractivity contribution in [3.63, 3.8) is 0 Å². The minimum atomic E-state index is -4.26. The van der Waals surface area contributed by atoms with E-state index >= 15 is 0 Å². The third kappa shape index (κ3) is 7.09. The van der Waals surface area contributed by atoms with Gasteiger partial charge in [-0.2, -0.15) is 0 Å². The standard InChI is InChI=1S/C39H48N6O6S/c1-9-34-41-35-25(2)20-26(3)40-36(35)44(34)22-29-14-15-31(30(21-29)23-43-17-16-39(6,7)38(43)46)32-12-10-11-13-33(32)52(47,48)45(24-50-19-18-49-8)37-27(4)28(5)42-51-37/h10-15,20-21H,9,16-19,22-24H2,1-8H3. The maximum Gasteiger partial charge on any atom is 0.269 e. The van der Waals surface area contributed by atoms with Crippen molar-refractivity contribution >= 4 is 33.0 Å². The van der Waals surface area contributed by atoms with Crippen LogP contribution in [0.4, 0.5) is 5.88 Å². The number of nitrogens with zero attached hydrogens (tertiary/aromatic N) is 6. The first kappa shape index (κ1) is 37.2. The van der Waals surface area contributed by atoms with Crippen LogP contribution in [0, 0.1) is 33.1 Å². The lowest BCUT2D eigenvalue weighted by Crippen LogP contribution is -2.34. The van der Waals surface area contributed by atoms with Crippen LogP contribution in [-0.2, 0) is 43.8 Å². The summed E-state index contributed by atoms with van der Waals surface area (Å²) in [6.45, 7) is 15.2. The third-order valence-corrected chi connectivity index (χ3v) is 11.7. The van der Waals surface area contributed by atoms with Crippen LogP contribution in [0.25, 0.3) is 22.3 Å². The Labute approximate surface area is 305 Å². The predicted octanol–water partition coefficient (Wildman–Crippen LogP) is 6.50. The van der Waals surface area contributed by atoms with Gasteiger partial charge in [-0.1, -0.05) is 62.3 Å². The lowest BCUT2D eigenvalue weighted by atomic mass is 9.92. The normalized spacial score (nSPS) is 14.5. The molecule has 1 aliphatic rings. The molecule has 0 atom stereocenters. The van der Waals surface area contributed by atoms with Crippen molar-refractivity contribution in [3.05, 3.63) is 88.0 Å². The number of fused-ring (bicyclic) bond motifs is 1. The zero-order chi connectivity index (χ0) is 37.4. The fraction of sp³-hybridized carbons (Fsp3) is 0.436. The summed E-state index contributed by atoms with van der Waals surface area (Å²) in [6, 6.07) is 15.0. The van der Waals surface area contributed by atoms with Gasteiger partial charge in [0.15, 0.2) is 5.65 Å². The molecule has 6 rings (SSSR count). The molecule has 12 nitrogen and oxygen atoms in total. The number of pyridine rings is 1. The number of methoxy groups -OCH3 is 1. The van der Waals surface area contributed by atoms with Crippen molar-refractivity contribution in [3.8, 4) is 11.1 Å². The molecule has 0 N–H and O–H groups in total. The molecule has 0 saturated carbocycles. The number of aromatic nitrogens is 4. The number of amides is 1. The average Bonchev–Trinajstić information content (AvgIpc) is 3.72. The Morgan fingerprint density at radius 1 is 0.981 bits per heavy atom. The second-order valence-electron chi connectivity index (χ2n) is 14.2. The summed E-state index contributed by atoms with van der Waals surface area (Å²) in [5.74, 6) is 1.09. The number of rotatable bonds is 14. The highest BCUT2D eigenvalue weighted by Crippen LogP contribution is 2.38. The molecule has 1 aliphatic heterocycles. The van der Waals surface area contributed by atoms with Gasteiger partial charge in [-0.25, -0.2) is 22.7 Å². The van der Waals surface area contributed by atoms with Crippen LogP contribution in [0.3, 0.4) is 0 Å². The summed E-state index contributed by atoms with van der Waals surface area (Å²) in [7, 11) is -2.71. The molecule has 5 aromatic rings. The molecule has 2 aromatic carbocycles. The number of hydrogen-bond donors (Lipinski definition) is 0. The first-order chi connectivity index (χ1) is 24.8. The number of anilines is 1. The van der Waals surface area contributed by atoms with Crippen LogP contribution in [-0.4, -0.2) is 72.5 Å². The Hall–Kier alpha value is -4.59. The molecule has 1 fully saturated rings. The number of carbonyl (C=O) groups is 1. The molecule has 13 heteroatoms. The van der Waals surface area contributed by atoms with Gasteiger partial charge in [-0.3, -0.25) is 4.79 Å². The maximum atomic E-state index is 14.7. The summed E-state index contributed by atoms with van der Waals surface area (Å²) >= 11 is 0. The van der Waals surface area contributed by atoms with Crippen LogP contribution >= 0.6 is 0 Å². The number of imidazole rings is 1. The number of likely N-dealkylation sites (tertiary alicyclic amines) is 1. The minimum Gasteiger partial charge on any atom is -0.382 e. The first-order valence-corrected chi connectivity index (χ1v) is 19.1. The third-order valence-electron chi connectivity index (χ3n) is 9.91. The highest BCUT2D eigenvalue weighted by Gasteiger charge is 2.39. The van der Waals surface area contributed by atoms with Gasteiger partial charge < -0.3 is 23.5 Å². The van der Waals surface area contributed by atoms with E-state index in [1.165, 1.54) is 0 Å². The summed E-state index contributed by atoms with van der Waals surface area (Å²) in [4.78, 5) is 25.3. The highest BCUT2D eigenvalue weighted by atomic mass is 32.2. The van der Waals surface area contributed by atoms with Gasteiger partial charge in [0.25, 0.3) is 10.0 Å². The SMILES string of the molecule is CCc1nc2c(C)cc(C)nc2n1Cc1ccc(-c2ccccc2S(=O)(=O)N(COCCOC)c2onc(C)c2C)c(CN2CCC(C)(C)C2=O)c1. The molecule has 0 aliphatic carbocycles. The highest BCUT2D eigenvalue weighted by molar-refractivity contribution is 7.93. The summed E-state index contributed by atoms with van der Waals surface area (Å²) in [5, 5.41) is 4.03. The molecule has 1 amide bonds. The van der Waals surface area contributed by atoms with E-state index in [1.807, 2.05) is 49.9 Å². The lowest BCUT2D eigenvalue weighted by molar-refractivity contribution is -0.135. The number of sulfonamides is 1. The van der Waals surface area contributed by atoms with Gasteiger partial charge in [0, 0.05) is 48.9 Å². The van der Waals surface area contributed by atoms with Crippen molar-refractivity contribution in [2.24, 2.45) is 5.41 Å². The first-order valence-electron chi connectivity index (χ1n) is 17.6. The Balaban J connectivity index is 1.47. The van der Waals surface area contributed by atoms with E-state index in [0.717, 1.165) is 56.5 Å². The minimum absolute atomic E-state index is 0.0735. The van der Waals surface area contributed by atoms with E-state index in [-0.39, 0.29) is 30.0 Å². The zero-order valence-electron chi connectivity index (χ0n) is 31.3. The molecule has 52 heavy (non-hydrogen) atoms. The van der Waals surface area contributed by atoms with Crippen LogP contribution in [0.1, 0.15) is 66.7 Å². The lowest BCUT2D eigenvalue weighted by Gasteiger charge is -2.25. The number of hydrogen-bond acceptors (Lipinski definition) is 9. The van der Waals surface area contributed by atoms with Crippen LogP contribution < -0.4 is 4.31 Å². The smallest absolute Gasteiger partial charge is 0.269 e. The molecule has 3 aromatic heterocycles. The van der Waals surface area contributed by atoms with Crippen molar-refractivity contribution < 1.29 is 27.2 Å². The predicted molar refractivity (Wildman–Crippen MR) is 200 cm³/mol. The van der Waals surface area contributed by atoms with E-state index in [2.05, 4.69) is 29.6 Å². The van der Waals surface area contributed by atoms with Crippen molar-refractivity contribution in [1.82, 2.24) is 24.6 Å². The van der Waals surface area contributed by atoms with Crippen LogP contribution in [0.5, 0.6) is 0 Å². The molecular formula is C39H48N6O6S. The summed E-state index contributed by atoms with van der Waals surface area (Å²) in [6.07, 6.45) is 1.48. The Kier molecular flexibility index (Phi) is 10.6. The molecule has 4 heterocycles. The molecule has 276 valence electrons. The van der Waals surface area contributed by atoms with E-state index in [0.29, 0.717) is 48.6 Å². The molecular weight excluding hydrogens is 681 g/mol. The van der Waals surface area contributed by atoms with E-state index in [9.17, 15) is 13.2 Å². The van der Waals surface area contributed by atoms with Crippen molar-refractivity contribution in [2.45, 2.75) is 79.3 Å². The largest absolute Gasteiger partial charge is 0.382 e. The number of carbonyl (C=O) groups excluding carboxylic acids is 1. The molecule has 0 spiro atoms. The Morgan fingerprint density at radius 2 is 1.75 bits per heavy atom. The summed E-state index contributed by atoms with van der Waals surface area (Å²) in [5.41, 5.74) is 7.45. The van der Waals surface area contributed by atoms with E-state index in [4.69, 9.17) is 24.0 Å². The second-order valence-corrected chi connectivity index (χ2v) is 16.0. The molecule has 0 unspecified atom stereocenters. The summed E-state index contributed by atoms with van der Waals surface area (Å²) < 4.78 is 49.1. The number of ether oxygens (including phenoxy) is 2. The van der Waals surface area contributed by atoms with Gasteiger partial charge in [0.1, 0.15) is 18.1 Å². The number of aryl methyl sites for hydroxylation is 4. The topological polar surface area (TPSA) is 133 Å². The number of benzene rings is 2. The quantitative estimate of drug-likeness (QED) is 0.0928. The fourth-order valence-corrected chi connectivity index (χ4v) is 8.35. The van der Waals surface area contributed by atoms with Crippen molar-refractivity contribution in [2.75, 3.05) is 37.9 Å². The van der Waals surface area contributed by atoms with E-state index < -0.39 is 15.4 Å². The fourth-order valence-electron chi connectivity index (χ4n) is 6.81. The van der Waals surface area contributed by atoms with Crippen LogP contribution in [0.2, 0.25) is 0 Å². The van der Waals surface area contributed by atoms with Crippen LogP contribution in [0.15, 0.2) is 57.9 Å². The van der Waals surface area contributed by atoms with Gasteiger partial charge >= 0.3 is 0 Å². The van der Waals surface area contributed by atoms with Crippen molar-refractivity contribution in [1.29, 1.82) is 0 Å². The van der Waals surface area contributed by atoms with E-state index in [1.54, 1.807) is 39.2 Å². The Bertz CT molecular complexity index is 2220. The van der Waals surface area contributed by atoms with Gasteiger partial charge in [-0.15, -0.1) is 0 Å². The van der Waals surface area contributed by atoms with Gasteiger partial charge in [0.05, 0.1) is 30.3 Å². The molecule has 0 radical (unpaired) electrons. The monoisotopic (exact) mass is 728 g/mol. The van der Waals surface area contributed by atoms with Gasteiger partial charge in [0.2, 0.25) is 11.8 Å².